The molecule has 2 rings (SSSR count). The van der Waals surface area contributed by atoms with Crippen LogP contribution in [0, 0.1) is 17.8 Å². The van der Waals surface area contributed by atoms with E-state index in [9.17, 15) is 29.1 Å². The Morgan fingerprint density at radius 2 is 1.66 bits per heavy atom. The number of nitrogens with zero attached hydrogens (tertiary/aromatic N) is 2. The minimum atomic E-state index is -1.17. The first-order chi connectivity index (χ1) is 23.4. The van der Waals surface area contributed by atoms with Gasteiger partial charge >= 0.3 is 5.97 Å². The molecule has 0 aromatic heterocycles. The van der Waals surface area contributed by atoms with Gasteiger partial charge in [0.2, 0.25) is 23.6 Å². The molecule has 0 radical (unpaired) electrons. The summed E-state index contributed by atoms with van der Waals surface area (Å²) < 4.78 is 11.8. The number of rotatable bonds is 19. The second-order valence-corrected chi connectivity index (χ2v) is 14.6. The number of carboxylic acid groups (broad SMARTS) is 1. The number of hydrogen-bond acceptors (Lipinski definition) is 8. The smallest absolute Gasteiger partial charge is 0.326 e. The Balaban J connectivity index is 2.26. The molecule has 0 spiro atoms. The maximum atomic E-state index is 14.1. The van der Waals surface area contributed by atoms with Crippen LogP contribution in [0.25, 0.3) is 0 Å². The van der Waals surface area contributed by atoms with Crippen LogP contribution in [0.5, 0.6) is 0 Å². The molecule has 1 aromatic rings. The number of likely N-dealkylation sites (tertiary alicyclic amines) is 1. The quantitative estimate of drug-likeness (QED) is 0.168. The van der Waals surface area contributed by atoms with Crippen molar-refractivity contribution in [1.29, 1.82) is 0 Å². The van der Waals surface area contributed by atoms with Crippen molar-refractivity contribution < 1.29 is 38.6 Å². The van der Waals surface area contributed by atoms with Crippen LogP contribution in [0.2, 0.25) is 0 Å². The Labute approximate surface area is 298 Å². The summed E-state index contributed by atoms with van der Waals surface area (Å²) in [6.45, 7) is 13.0. The fraction of sp³-hybridized carbons (Fsp3) is 0.703. The van der Waals surface area contributed by atoms with E-state index in [1.54, 1.807) is 49.8 Å². The highest BCUT2D eigenvalue weighted by molar-refractivity contribution is 5.92. The van der Waals surface area contributed by atoms with E-state index in [0.717, 1.165) is 5.56 Å². The maximum Gasteiger partial charge on any atom is 0.326 e. The minimum absolute atomic E-state index is 0.0245. The Hall–Kier alpha value is -3.55. The molecule has 7 unspecified atom stereocenters. The van der Waals surface area contributed by atoms with Crippen molar-refractivity contribution in [2.75, 3.05) is 27.8 Å². The van der Waals surface area contributed by atoms with Gasteiger partial charge in [-0.3, -0.25) is 19.2 Å². The molecular formula is C37H61N5O8. The molecule has 1 aliphatic rings. The van der Waals surface area contributed by atoms with E-state index in [1.807, 2.05) is 45.9 Å². The van der Waals surface area contributed by atoms with Gasteiger partial charge in [-0.15, -0.1) is 0 Å². The fourth-order valence-electron chi connectivity index (χ4n) is 6.72. The molecule has 5 N–H and O–H groups in total. The van der Waals surface area contributed by atoms with Gasteiger partial charge in [0.1, 0.15) is 12.1 Å². The number of carbonyl (C=O) groups excluding carboxylic acids is 4. The highest BCUT2D eigenvalue weighted by Gasteiger charge is 2.43. The Morgan fingerprint density at radius 3 is 2.16 bits per heavy atom. The summed E-state index contributed by atoms with van der Waals surface area (Å²) in [4.78, 5) is 69.5. The van der Waals surface area contributed by atoms with Crippen LogP contribution < -0.4 is 16.4 Å². The second kappa shape index (κ2) is 19.2. The summed E-state index contributed by atoms with van der Waals surface area (Å²) in [6, 6.07) is 6.19. The number of carboxylic acids is 1. The number of methoxy groups -OCH3 is 2. The molecule has 0 bridgehead atoms. The van der Waals surface area contributed by atoms with Gasteiger partial charge in [0.25, 0.3) is 0 Å². The molecule has 1 aromatic carbocycles. The van der Waals surface area contributed by atoms with E-state index in [4.69, 9.17) is 15.2 Å². The average Bonchev–Trinajstić information content (AvgIpc) is 3.55. The summed E-state index contributed by atoms with van der Waals surface area (Å²) in [5, 5.41) is 15.3. The SMILES string of the molecule is CCC(C)C(C(CC(=O)N1CCC[C@H]1C(OC)C(C)C(=O)NC(Cc1ccccc1)C(=O)O)OC)N(C)C(=O)C(NC(=O)C(C)(C)N)C(C)C. The van der Waals surface area contributed by atoms with Gasteiger partial charge in [0.15, 0.2) is 0 Å². The molecule has 0 saturated carbocycles. The lowest BCUT2D eigenvalue weighted by Gasteiger charge is -2.41. The summed E-state index contributed by atoms with van der Waals surface area (Å²) >= 11 is 0. The van der Waals surface area contributed by atoms with Crippen LogP contribution in [0.3, 0.4) is 0 Å². The number of benzene rings is 1. The third-order valence-corrected chi connectivity index (χ3v) is 9.96. The molecular weight excluding hydrogens is 642 g/mol. The van der Waals surface area contributed by atoms with Gasteiger partial charge in [0, 0.05) is 34.2 Å². The van der Waals surface area contributed by atoms with Gasteiger partial charge < -0.3 is 40.7 Å². The Morgan fingerprint density at radius 1 is 1.04 bits per heavy atom. The molecule has 1 heterocycles. The highest BCUT2D eigenvalue weighted by Crippen LogP contribution is 2.29. The Bertz CT molecular complexity index is 1290. The van der Waals surface area contributed by atoms with Crippen molar-refractivity contribution in [3.05, 3.63) is 35.9 Å². The van der Waals surface area contributed by atoms with E-state index in [1.165, 1.54) is 14.2 Å². The lowest BCUT2D eigenvalue weighted by Crippen LogP contribution is -2.60. The van der Waals surface area contributed by atoms with Gasteiger partial charge in [-0.1, -0.05) is 71.4 Å². The van der Waals surface area contributed by atoms with Crippen LogP contribution in [0.15, 0.2) is 30.3 Å². The van der Waals surface area contributed by atoms with Crippen LogP contribution in [0.1, 0.15) is 79.7 Å². The molecule has 13 nitrogen and oxygen atoms in total. The summed E-state index contributed by atoms with van der Waals surface area (Å²) in [7, 11) is 4.68. The zero-order valence-corrected chi connectivity index (χ0v) is 31.6. The van der Waals surface area contributed by atoms with Crippen molar-refractivity contribution in [2.24, 2.45) is 23.5 Å². The number of ether oxygens (including phenoxy) is 2. The zero-order chi connectivity index (χ0) is 37.9. The largest absolute Gasteiger partial charge is 0.480 e. The van der Waals surface area contributed by atoms with Crippen molar-refractivity contribution in [3.8, 4) is 0 Å². The van der Waals surface area contributed by atoms with E-state index in [2.05, 4.69) is 10.6 Å². The van der Waals surface area contributed by atoms with Gasteiger partial charge in [-0.2, -0.15) is 0 Å². The molecule has 8 atom stereocenters. The molecule has 0 aliphatic carbocycles. The van der Waals surface area contributed by atoms with Crippen molar-refractivity contribution in [1.82, 2.24) is 20.4 Å². The first-order valence-corrected chi connectivity index (χ1v) is 17.7. The lowest BCUT2D eigenvalue weighted by atomic mass is 9.89. The lowest BCUT2D eigenvalue weighted by molar-refractivity contribution is -0.148. The first kappa shape index (κ1) is 42.6. The standard InChI is InChI=1S/C37H61N5O8/c1-11-23(4)31(41(8)34(45)30(22(2)3)40-36(48)37(6,7)38)28(49-9)21-29(43)42-19-15-18-27(42)32(50-10)24(5)33(44)39-26(35(46)47)20-25-16-13-12-14-17-25/h12-14,16-17,22-24,26-28,30-32H,11,15,18-21,38H2,1-10H3,(H,39,44)(H,40,48)(H,46,47)/t23?,24?,26?,27-,28?,30?,31?,32?/m0/s1. The number of aliphatic carboxylic acids is 1. The molecule has 1 aliphatic heterocycles. The third-order valence-electron chi connectivity index (χ3n) is 9.96. The van der Waals surface area contributed by atoms with E-state index >= 15 is 0 Å². The van der Waals surface area contributed by atoms with E-state index < -0.39 is 65.6 Å². The van der Waals surface area contributed by atoms with E-state index in [-0.39, 0.29) is 36.5 Å². The molecule has 13 heteroatoms. The zero-order valence-electron chi connectivity index (χ0n) is 31.6. The predicted molar refractivity (Wildman–Crippen MR) is 191 cm³/mol. The second-order valence-electron chi connectivity index (χ2n) is 14.6. The van der Waals surface area contributed by atoms with Crippen LogP contribution in [-0.4, -0.2) is 114 Å². The third kappa shape index (κ3) is 11.2. The molecule has 4 amide bonds. The number of carbonyl (C=O) groups is 5. The molecule has 1 fully saturated rings. The van der Waals surface area contributed by atoms with Crippen LogP contribution in [0.4, 0.5) is 0 Å². The topological polar surface area (TPSA) is 181 Å². The fourth-order valence-corrected chi connectivity index (χ4v) is 6.72. The molecule has 282 valence electrons. The van der Waals surface area contributed by atoms with E-state index in [0.29, 0.717) is 25.8 Å². The predicted octanol–water partition coefficient (Wildman–Crippen LogP) is 2.60. The molecule has 50 heavy (non-hydrogen) atoms. The number of likely N-dealkylation sites (N-methyl/N-ethyl adjacent to an activating group) is 1. The number of amides is 4. The normalized spacial score (nSPS) is 19.1. The summed E-state index contributed by atoms with van der Waals surface area (Å²) in [5.74, 6) is -3.60. The summed E-state index contributed by atoms with van der Waals surface area (Å²) in [5.41, 5.74) is 5.61. The van der Waals surface area contributed by atoms with Gasteiger partial charge in [0.05, 0.1) is 42.2 Å². The Kier molecular flexibility index (Phi) is 16.3. The van der Waals surface area contributed by atoms with Crippen LogP contribution in [-0.2, 0) is 39.9 Å². The average molecular weight is 704 g/mol. The molecule has 1 saturated heterocycles. The number of nitrogens with two attached hydrogens (primary N) is 1. The highest BCUT2D eigenvalue weighted by atomic mass is 16.5. The first-order valence-electron chi connectivity index (χ1n) is 17.7. The van der Waals surface area contributed by atoms with Crippen LogP contribution >= 0.6 is 0 Å². The van der Waals surface area contributed by atoms with Crippen molar-refractivity contribution >= 4 is 29.6 Å². The number of nitrogens with one attached hydrogen (secondary N) is 2. The maximum absolute atomic E-state index is 14.1. The van der Waals surface area contributed by atoms with Gasteiger partial charge in [-0.25, -0.2) is 4.79 Å². The van der Waals surface area contributed by atoms with Crippen molar-refractivity contribution in [2.45, 2.75) is 122 Å². The summed E-state index contributed by atoms with van der Waals surface area (Å²) in [6.07, 6.45) is 0.757. The monoisotopic (exact) mass is 703 g/mol. The van der Waals surface area contributed by atoms with Gasteiger partial charge in [-0.05, 0) is 44.1 Å². The minimum Gasteiger partial charge on any atom is -0.480 e. The van der Waals surface area contributed by atoms with Crippen molar-refractivity contribution in [3.63, 3.8) is 0 Å². The number of hydrogen-bond donors (Lipinski definition) is 4.